The van der Waals surface area contributed by atoms with Crippen molar-refractivity contribution in [1.82, 2.24) is 9.97 Å². The maximum absolute atomic E-state index is 11.2. The molecular formula is C26H24N2O4S2. The van der Waals surface area contributed by atoms with E-state index in [-0.39, 0.29) is 17.6 Å². The van der Waals surface area contributed by atoms with Crippen LogP contribution in [0.1, 0.15) is 21.9 Å². The number of fused-ring (bicyclic) bond motifs is 1. The molecule has 2 aromatic heterocycles. The van der Waals surface area contributed by atoms with Crippen LogP contribution in [0, 0.1) is 0 Å². The second kappa shape index (κ2) is 10.1. The van der Waals surface area contributed by atoms with Crippen LogP contribution >= 0.6 is 22.4 Å². The third kappa shape index (κ3) is 5.05. The third-order valence-electron chi connectivity index (χ3n) is 5.41. The molecule has 1 aliphatic rings. The molecule has 0 aliphatic carbocycles. The summed E-state index contributed by atoms with van der Waals surface area (Å²) in [6.45, 7) is 0.611. The molecule has 174 valence electrons. The molecule has 4 aromatic rings. The minimum atomic E-state index is -3.07. The van der Waals surface area contributed by atoms with Crippen molar-refractivity contribution in [2.24, 2.45) is 0 Å². The van der Waals surface area contributed by atoms with Gasteiger partial charge >= 0.3 is 0 Å². The highest BCUT2D eigenvalue weighted by atomic mass is 32.3. The molecule has 1 unspecified atom stereocenters. The van der Waals surface area contributed by atoms with Crippen LogP contribution in [0.2, 0.25) is 0 Å². The van der Waals surface area contributed by atoms with Crippen LogP contribution in [0.4, 0.5) is 0 Å². The zero-order valence-corrected chi connectivity index (χ0v) is 19.9. The van der Waals surface area contributed by atoms with Crippen molar-refractivity contribution >= 4 is 22.4 Å². The van der Waals surface area contributed by atoms with Gasteiger partial charge in [-0.3, -0.25) is 19.1 Å². The largest absolute Gasteiger partial charge is 0.488 e. The third-order valence-corrected chi connectivity index (χ3v) is 8.72. The molecule has 5 rings (SSSR count). The van der Waals surface area contributed by atoms with Crippen LogP contribution in [0.3, 0.4) is 0 Å². The van der Waals surface area contributed by atoms with E-state index in [0.717, 1.165) is 21.6 Å². The van der Waals surface area contributed by atoms with Crippen molar-refractivity contribution < 1.29 is 18.6 Å². The number of aromatic nitrogens is 2. The fourth-order valence-electron chi connectivity index (χ4n) is 3.87. The van der Waals surface area contributed by atoms with E-state index >= 15 is 0 Å². The SMILES string of the molecule is OS1(O)CC(Sc2ccccc2)c2c(OCc3cccnc3)ccc(OCc3cccnc3)c21. The first-order chi connectivity index (χ1) is 16.6. The normalized spacial score (nSPS) is 17.1. The van der Waals surface area contributed by atoms with Crippen LogP contribution in [0.5, 0.6) is 11.5 Å². The van der Waals surface area contributed by atoms with Gasteiger partial charge < -0.3 is 9.47 Å². The molecule has 0 fully saturated rings. The number of hydrogen-bond donors (Lipinski definition) is 2. The van der Waals surface area contributed by atoms with Gasteiger partial charge in [0.25, 0.3) is 0 Å². The zero-order valence-electron chi connectivity index (χ0n) is 18.3. The van der Waals surface area contributed by atoms with Crippen LogP contribution in [-0.2, 0) is 13.2 Å². The van der Waals surface area contributed by atoms with Crippen molar-refractivity contribution in [3.8, 4) is 11.5 Å². The predicted octanol–water partition coefficient (Wildman–Crippen LogP) is 6.59. The molecule has 0 bridgehead atoms. The first-order valence-electron chi connectivity index (χ1n) is 10.8. The maximum Gasteiger partial charge on any atom is 0.143 e. The van der Waals surface area contributed by atoms with Crippen LogP contribution < -0.4 is 9.47 Å². The van der Waals surface area contributed by atoms with E-state index in [1.165, 1.54) is 0 Å². The molecule has 2 N–H and O–H groups in total. The molecule has 2 aromatic carbocycles. The number of rotatable bonds is 8. The van der Waals surface area contributed by atoms with Gasteiger partial charge in [0.1, 0.15) is 29.6 Å². The summed E-state index contributed by atoms with van der Waals surface area (Å²) in [4.78, 5) is 9.76. The Morgan fingerprint density at radius 1 is 0.794 bits per heavy atom. The molecule has 6 nitrogen and oxygen atoms in total. The summed E-state index contributed by atoms with van der Waals surface area (Å²) in [5.74, 6) is 1.29. The molecule has 34 heavy (non-hydrogen) atoms. The summed E-state index contributed by atoms with van der Waals surface area (Å²) in [7, 11) is -3.07. The van der Waals surface area contributed by atoms with Crippen LogP contribution in [-0.4, -0.2) is 24.8 Å². The highest BCUT2D eigenvalue weighted by Gasteiger charge is 2.41. The van der Waals surface area contributed by atoms with Crippen molar-refractivity contribution in [1.29, 1.82) is 0 Å². The van der Waals surface area contributed by atoms with Crippen molar-refractivity contribution in [2.75, 3.05) is 5.75 Å². The van der Waals surface area contributed by atoms with Crippen LogP contribution in [0.15, 0.2) is 101 Å². The van der Waals surface area contributed by atoms with Gasteiger partial charge in [-0.25, -0.2) is 0 Å². The van der Waals surface area contributed by atoms with E-state index in [2.05, 4.69) is 9.97 Å². The van der Waals surface area contributed by atoms with Gasteiger partial charge in [0.05, 0.1) is 11.0 Å². The minimum Gasteiger partial charge on any atom is -0.488 e. The number of nitrogens with zero attached hydrogens (tertiary/aromatic N) is 2. The lowest BCUT2D eigenvalue weighted by Crippen LogP contribution is -2.04. The molecular weight excluding hydrogens is 468 g/mol. The fourth-order valence-corrected chi connectivity index (χ4v) is 7.58. The summed E-state index contributed by atoms with van der Waals surface area (Å²) in [6.07, 6.45) is 6.92. The van der Waals surface area contributed by atoms with Crippen molar-refractivity contribution in [3.05, 3.63) is 108 Å². The predicted molar refractivity (Wildman–Crippen MR) is 135 cm³/mol. The lowest BCUT2D eigenvalue weighted by Gasteiger charge is -2.29. The van der Waals surface area contributed by atoms with Gasteiger partial charge in [-0.05, 0) is 36.4 Å². The highest BCUT2D eigenvalue weighted by Crippen LogP contribution is 2.67. The van der Waals surface area contributed by atoms with Gasteiger partial charge in [0.2, 0.25) is 0 Å². The standard InChI is InChI=1S/C26H24N2O4S2/c29-34(30)18-24(33-21-8-2-1-3-9-21)25-22(31-16-19-6-4-12-27-14-19)10-11-23(26(25)34)32-17-20-7-5-13-28-15-20/h1-15,24,29-30H,16-18H2. The molecule has 0 radical (unpaired) electrons. The number of benzene rings is 2. The van der Waals surface area contributed by atoms with E-state index in [9.17, 15) is 9.11 Å². The number of ether oxygens (including phenoxy) is 2. The number of thioether (sulfide) groups is 1. The molecule has 3 heterocycles. The second-order valence-electron chi connectivity index (χ2n) is 7.86. The van der Waals surface area contributed by atoms with E-state index in [1.54, 1.807) is 42.6 Å². The van der Waals surface area contributed by atoms with Gasteiger partial charge in [-0.15, -0.1) is 11.8 Å². The van der Waals surface area contributed by atoms with Crippen molar-refractivity contribution in [3.63, 3.8) is 0 Å². The highest BCUT2D eigenvalue weighted by molar-refractivity contribution is 8.25. The van der Waals surface area contributed by atoms with Gasteiger partial charge in [-0.2, -0.15) is 10.6 Å². The average Bonchev–Trinajstić information content (AvgIpc) is 3.14. The van der Waals surface area contributed by atoms with Crippen LogP contribution in [0.25, 0.3) is 0 Å². The van der Waals surface area contributed by atoms with Gasteiger partial charge in [0, 0.05) is 46.4 Å². The van der Waals surface area contributed by atoms with E-state index < -0.39 is 10.6 Å². The molecule has 1 aliphatic heterocycles. The van der Waals surface area contributed by atoms with Gasteiger partial charge in [0.15, 0.2) is 0 Å². The van der Waals surface area contributed by atoms with E-state index in [1.807, 2.05) is 60.7 Å². The second-order valence-corrected chi connectivity index (χ2v) is 11.2. The Balaban J connectivity index is 1.50. The zero-order chi connectivity index (χ0) is 23.4. The van der Waals surface area contributed by atoms with Crippen molar-refractivity contribution in [2.45, 2.75) is 28.3 Å². The molecule has 0 saturated heterocycles. The summed E-state index contributed by atoms with van der Waals surface area (Å²) >= 11 is 1.60. The Labute approximate surface area is 204 Å². The Bertz CT molecular complexity index is 1240. The minimum absolute atomic E-state index is 0.187. The Morgan fingerprint density at radius 2 is 1.41 bits per heavy atom. The first-order valence-corrected chi connectivity index (χ1v) is 13.4. The number of pyridine rings is 2. The Hall–Kier alpha value is -3.04. The molecule has 8 heteroatoms. The van der Waals surface area contributed by atoms with E-state index in [4.69, 9.17) is 9.47 Å². The molecule has 0 amide bonds. The lowest BCUT2D eigenvalue weighted by molar-refractivity contribution is 0.286. The lowest BCUT2D eigenvalue weighted by atomic mass is 10.1. The maximum atomic E-state index is 11.2. The Kier molecular flexibility index (Phi) is 6.73. The smallest absolute Gasteiger partial charge is 0.143 e. The van der Waals surface area contributed by atoms with Gasteiger partial charge in [-0.1, -0.05) is 30.3 Å². The van der Waals surface area contributed by atoms with E-state index in [0.29, 0.717) is 23.0 Å². The average molecular weight is 493 g/mol. The quantitative estimate of drug-likeness (QED) is 0.287. The monoisotopic (exact) mass is 492 g/mol. The topological polar surface area (TPSA) is 84.7 Å². The Morgan fingerprint density at radius 3 is 2.03 bits per heavy atom. The first kappa shape index (κ1) is 22.7. The molecule has 1 atom stereocenters. The number of hydrogen-bond acceptors (Lipinski definition) is 7. The summed E-state index contributed by atoms with van der Waals surface area (Å²) < 4.78 is 34.6. The molecule has 0 saturated carbocycles. The summed E-state index contributed by atoms with van der Waals surface area (Å²) in [6, 6.07) is 21.2. The summed E-state index contributed by atoms with van der Waals surface area (Å²) in [5, 5.41) is -0.187. The summed E-state index contributed by atoms with van der Waals surface area (Å²) in [5.41, 5.74) is 2.62. The molecule has 0 spiro atoms. The fraction of sp³-hybridized carbons (Fsp3) is 0.154.